The van der Waals surface area contributed by atoms with Crippen LogP contribution in [0.4, 0.5) is 0 Å². The van der Waals surface area contributed by atoms with Crippen LogP contribution in [0, 0.1) is 0 Å². The van der Waals surface area contributed by atoms with Gasteiger partial charge in [-0.15, -0.1) is 24.8 Å². The molecule has 2 rings (SSSR count). The average molecular weight is 333 g/mol. The molecular formula is C14H22Cl2N4O. The zero-order valence-corrected chi connectivity index (χ0v) is 13.8. The van der Waals surface area contributed by atoms with Crippen molar-refractivity contribution in [3.63, 3.8) is 0 Å². The van der Waals surface area contributed by atoms with Crippen LogP contribution in [0.1, 0.15) is 20.3 Å². The van der Waals surface area contributed by atoms with Gasteiger partial charge in [-0.2, -0.15) is 0 Å². The lowest BCUT2D eigenvalue weighted by atomic mass is 10.1. The van der Waals surface area contributed by atoms with Crippen LogP contribution in [0.15, 0.2) is 30.6 Å². The molecule has 1 amide bonds. The molecule has 118 valence electrons. The third-order valence-electron chi connectivity index (χ3n) is 2.85. The van der Waals surface area contributed by atoms with E-state index in [0.29, 0.717) is 19.5 Å². The van der Waals surface area contributed by atoms with Crippen LogP contribution in [0.2, 0.25) is 0 Å². The molecule has 0 radical (unpaired) electrons. The Balaban J connectivity index is 0.00000200. The van der Waals surface area contributed by atoms with Crippen molar-refractivity contribution in [1.29, 1.82) is 0 Å². The number of carbonyl (C=O) groups is 1. The molecule has 0 aliphatic heterocycles. The molecule has 3 N–H and O–H groups in total. The molecule has 21 heavy (non-hydrogen) atoms. The summed E-state index contributed by atoms with van der Waals surface area (Å²) in [5, 5.41) is 2.84. The zero-order valence-electron chi connectivity index (χ0n) is 12.2. The summed E-state index contributed by atoms with van der Waals surface area (Å²) in [6.07, 6.45) is 2.20. The number of nitrogens with one attached hydrogen (secondary N) is 1. The van der Waals surface area contributed by atoms with Crippen LogP contribution in [0.5, 0.6) is 0 Å². The number of hydrogen-bond acceptors (Lipinski definition) is 3. The number of nitrogens with two attached hydrogens (primary N) is 1. The highest BCUT2D eigenvalue weighted by Crippen LogP contribution is 2.11. The maximum Gasteiger partial charge on any atom is 0.221 e. The fraction of sp³-hybridized carbons (Fsp3) is 0.429. The first-order chi connectivity index (χ1) is 8.96. The average Bonchev–Trinajstić information content (AvgIpc) is 2.76. The Morgan fingerprint density at radius 2 is 2.00 bits per heavy atom. The van der Waals surface area contributed by atoms with Crippen LogP contribution < -0.4 is 11.1 Å². The molecule has 5 nitrogen and oxygen atoms in total. The van der Waals surface area contributed by atoms with Crippen LogP contribution in [0.3, 0.4) is 0 Å². The van der Waals surface area contributed by atoms with Gasteiger partial charge in [-0.25, -0.2) is 4.98 Å². The van der Waals surface area contributed by atoms with Crippen molar-refractivity contribution in [3.05, 3.63) is 30.6 Å². The predicted octanol–water partition coefficient (Wildman–Crippen LogP) is 2.12. The summed E-state index contributed by atoms with van der Waals surface area (Å²) in [6, 6.07) is 7.89. The Hall–Kier alpha value is -1.30. The topological polar surface area (TPSA) is 72.9 Å². The first-order valence-corrected chi connectivity index (χ1v) is 6.41. The Bertz CT molecular complexity index is 578. The fourth-order valence-corrected chi connectivity index (χ4v) is 1.83. The van der Waals surface area contributed by atoms with Crippen molar-refractivity contribution >= 4 is 41.8 Å². The first kappa shape index (κ1) is 19.7. The highest BCUT2D eigenvalue weighted by molar-refractivity contribution is 5.85. The SMILES string of the molecule is CC(C)(N)CNC(=O)CCn1cnc2ccccc21.Cl.Cl. The maximum atomic E-state index is 11.7. The Morgan fingerprint density at radius 1 is 1.33 bits per heavy atom. The molecule has 0 unspecified atom stereocenters. The number of nitrogens with zero attached hydrogens (tertiary/aromatic N) is 2. The van der Waals surface area contributed by atoms with E-state index in [4.69, 9.17) is 5.73 Å². The van der Waals surface area contributed by atoms with Crippen LogP contribution in [-0.2, 0) is 11.3 Å². The summed E-state index contributed by atoms with van der Waals surface area (Å²) >= 11 is 0. The van der Waals surface area contributed by atoms with Gasteiger partial charge in [-0.05, 0) is 26.0 Å². The minimum Gasteiger partial charge on any atom is -0.354 e. The highest BCUT2D eigenvalue weighted by Gasteiger charge is 2.12. The second-order valence-electron chi connectivity index (χ2n) is 5.44. The Kier molecular flexibility index (Phi) is 7.71. The van der Waals surface area contributed by atoms with E-state index in [-0.39, 0.29) is 36.3 Å². The van der Waals surface area contributed by atoms with Gasteiger partial charge in [-0.3, -0.25) is 4.79 Å². The largest absolute Gasteiger partial charge is 0.354 e. The van der Waals surface area contributed by atoms with E-state index in [0.717, 1.165) is 11.0 Å². The lowest BCUT2D eigenvalue weighted by molar-refractivity contribution is -0.121. The standard InChI is InChI=1S/C14H20N4O.2ClH/c1-14(2,15)9-16-13(19)7-8-18-10-17-11-5-3-4-6-12(11)18;;/h3-6,10H,7-9,15H2,1-2H3,(H,16,19);2*1H. The van der Waals surface area contributed by atoms with Gasteiger partial charge in [0.2, 0.25) is 5.91 Å². The van der Waals surface area contributed by atoms with Gasteiger partial charge in [-0.1, -0.05) is 12.1 Å². The summed E-state index contributed by atoms with van der Waals surface area (Å²) in [6.45, 7) is 4.88. The first-order valence-electron chi connectivity index (χ1n) is 6.41. The number of amides is 1. The van der Waals surface area contributed by atoms with Crippen molar-refractivity contribution in [1.82, 2.24) is 14.9 Å². The molecule has 0 spiro atoms. The van der Waals surface area contributed by atoms with Gasteiger partial charge >= 0.3 is 0 Å². The number of aromatic nitrogens is 2. The van der Waals surface area contributed by atoms with E-state index in [9.17, 15) is 4.79 Å². The number of benzene rings is 1. The predicted molar refractivity (Wildman–Crippen MR) is 90.1 cm³/mol. The van der Waals surface area contributed by atoms with E-state index in [2.05, 4.69) is 10.3 Å². The second-order valence-corrected chi connectivity index (χ2v) is 5.44. The monoisotopic (exact) mass is 332 g/mol. The molecule has 0 saturated carbocycles. The summed E-state index contributed by atoms with van der Waals surface area (Å²) in [7, 11) is 0. The summed E-state index contributed by atoms with van der Waals surface area (Å²) in [5.74, 6) is 0.0105. The number of hydrogen-bond donors (Lipinski definition) is 2. The molecule has 7 heteroatoms. The Morgan fingerprint density at radius 3 is 2.67 bits per heavy atom. The highest BCUT2D eigenvalue weighted by atomic mass is 35.5. The van der Waals surface area contributed by atoms with Crippen LogP contribution in [-0.4, -0.2) is 27.5 Å². The molecule has 0 aliphatic rings. The lowest BCUT2D eigenvalue weighted by Crippen LogP contribution is -2.45. The van der Waals surface area contributed by atoms with Gasteiger partial charge in [0.1, 0.15) is 0 Å². The van der Waals surface area contributed by atoms with Crippen molar-refractivity contribution < 1.29 is 4.79 Å². The molecule has 0 fully saturated rings. The van der Waals surface area contributed by atoms with E-state index >= 15 is 0 Å². The molecule has 0 aliphatic carbocycles. The Labute approximate surface area is 137 Å². The van der Waals surface area contributed by atoms with Crippen molar-refractivity contribution in [2.24, 2.45) is 5.73 Å². The van der Waals surface area contributed by atoms with Gasteiger partial charge < -0.3 is 15.6 Å². The third-order valence-corrected chi connectivity index (χ3v) is 2.85. The second kappa shape index (κ2) is 8.22. The minimum absolute atomic E-state index is 0. The van der Waals surface area contributed by atoms with Crippen LogP contribution in [0.25, 0.3) is 11.0 Å². The van der Waals surface area contributed by atoms with E-state index < -0.39 is 0 Å². The smallest absolute Gasteiger partial charge is 0.221 e. The van der Waals surface area contributed by atoms with Gasteiger partial charge in [0, 0.05) is 25.0 Å². The number of rotatable bonds is 5. The maximum absolute atomic E-state index is 11.7. The van der Waals surface area contributed by atoms with Crippen LogP contribution >= 0.6 is 24.8 Å². The third kappa shape index (κ3) is 5.91. The van der Waals surface area contributed by atoms with E-state index in [1.165, 1.54) is 0 Å². The van der Waals surface area contributed by atoms with E-state index in [1.54, 1.807) is 6.33 Å². The van der Waals surface area contributed by atoms with Gasteiger partial charge in [0.25, 0.3) is 0 Å². The molecule has 0 bridgehead atoms. The normalized spacial score (nSPS) is 10.6. The molecule has 0 saturated heterocycles. The molecule has 1 aromatic heterocycles. The molecule has 1 aromatic carbocycles. The van der Waals surface area contributed by atoms with Crippen molar-refractivity contribution in [2.45, 2.75) is 32.4 Å². The van der Waals surface area contributed by atoms with Gasteiger partial charge in [0.15, 0.2) is 0 Å². The number of para-hydroxylation sites is 2. The summed E-state index contributed by atoms with van der Waals surface area (Å²) < 4.78 is 1.99. The number of aryl methyl sites for hydroxylation is 1. The number of halogens is 2. The molecule has 1 heterocycles. The quantitative estimate of drug-likeness (QED) is 0.880. The fourth-order valence-electron chi connectivity index (χ4n) is 1.83. The minimum atomic E-state index is -0.378. The number of imidazole rings is 1. The lowest BCUT2D eigenvalue weighted by Gasteiger charge is -2.18. The molecule has 0 atom stereocenters. The number of carbonyl (C=O) groups excluding carboxylic acids is 1. The zero-order chi connectivity index (χ0) is 13.9. The van der Waals surface area contributed by atoms with Gasteiger partial charge in [0.05, 0.1) is 17.4 Å². The van der Waals surface area contributed by atoms with E-state index in [1.807, 2.05) is 42.7 Å². The van der Waals surface area contributed by atoms with Crippen molar-refractivity contribution in [2.75, 3.05) is 6.54 Å². The molecular weight excluding hydrogens is 311 g/mol. The summed E-state index contributed by atoms with van der Waals surface area (Å²) in [4.78, 5) is 16.0. The van der Waals surface area contributed by atoms with Crippen molar-refractivity contribution in [3.8, 4) is 0 Å². The summed E-state index contributed by atoms with van der Waals surface area (Å²) in [5.41, 5.74) is 7.44. The molecule has 2 aromatic rings. The number of fused-ring (bicyclic) bond motifs is 1.